The Hall–Kier alpha value is -1.42. The van der Waals surface area contributed by atoms with Gasteiger partial charge >= 0.3 is 0 Å². The molecule has 0 aliphatic carbocycles. The highest BCUT2D eigenvalue weighted by atomic mass is 16.5. The highest BCUT2D eigenvalue weighted by molar-refractivity contribution is 5.37. The SMILES string of the molecule is C#Cc1c[c]cc(OCC(C)C)c1. The van der Waals surface area contributed by atoms with Crippen LogP contribution in [0.5, 0.6) is 5.75 Å². The summed E-state index contributed by atoms with van der Waals surface area (Å²) in [7, 11) is 0. The van der Waals surface area contributed by atoms with Crippen molar-refractivity contribution in [2.45, 2.75) is 13.8 Å². The van der Waals surface area contributed by atoms with Crippen molar-refractivity contribution in [3.63, 3.8) is 0 Å². The summed E-state index contributed by atoms with van der Waals surface area (Å²) in [6, 6.07) is 8.34. The highest BCUT2D eigenvalue weighted by Gasteiger charge is 1.97. The van der Waals surface area contributed by atoms with E-state index in [2.05, 4.69) is 25.8 Å². The van der Waals surface area contributed by atoms with Crippen LogP contribution in [0.2, 0.25) is 0 Å². The quantitative estimate of drug-likeness (QED) is 0.638. The summed E-state index contributed by atoms with van der Waals surface area (Å²) >= 11 is 0. The molecule has 0 fully saturated rings. The summed E-state index contributed by atoms with van der Waals surface area (Å²) in [5, 5.41) is 0. The zero-order valence-corrected chi connectivity index (χ0v) is 8.00. The fourth-order valence-corrected chi connectivity index (χ4v) is 0.880. The van der Waals surface area contributed by atoms with E-state index in [0.29, 0.717) is 12.5 Å². The van der Waals surface area contributed by atoms with Gasteiger partial charge in [-0.2, -0.15) is 0 Å². The molecule has 67 valence electrons. The van der Waals surface area contributed by atoms with E-state index >= 15 is 0 Å². The molecule has 0 aliphatic rings. The summed E-state index contributed by atoms with van der Waals surface area (Å²) in [6.45, 7) is 4.92. The summed E-state index contributed by atoms with van der Waals surface area (Å²) in [5.74, 6) is 3.86. The normalized spacial score (nSPS) is 9.69. The third-order valence-corrected chi connectivity index (χ3v) is 1.51. The Morgan fingerprint density at radius 1 is 1.54 bits per heavy atom. The molecule has 0 saturated heterocycles. The lowest BCUT2D eigenvalue weighted by Gasteiger charge is -2.08. The molecule has 1 nitrogen and oxygen atoms in total. The number of rotatable bonds is 3. The first-order valence-corrected chi connectivity index (χ1v) is 4.33. The Labute approximate surface area is 79.7 Å². The molecule has 0 N–H and O–H groups in total. The van der Waals surface area contributed by atoms with Crippen LogP contribution < -0.4 is 4.74 Å². The van der Waals surface area contributed by atoms with Crippen LogP contribution in [0.25, 0.3) is 0 Å². The first-order valence-electron chi connectivity index (χ1n) is 4.33. The Morgan fingerprint density at radius 2 is 2.31 bits per heavy atom. The number of hydrogen-bond donors (Lipinski definition) is 0. The predicted octanol–water partition coefficient (Wildman–Crippen LogP) is 2.50. The minimum Gasteiger partial charge on any atom is -0.493 e. The third kappa shape index (κ3) is 3.21. The van der Waals surface area contributed by atoms with Gasteiger partial charge in [0.2, 0.25) is 0 Å². The van der Waals surface area contributed by atoms with Crippen molar-refractivity contribution in [3.05, 3.63) is 29.8 Å². The van der Waals surface area contributed by atoms with Gasteiger partial charge in [-0.05, 0) is 30.2 Å². The Morgan fingerprint density at radius 3 is 2.92 bits per heavy atom. The second kappa shape index (κ2) is 4.57. The summed E-state index contributed by atoms with van der Waals surface area (Å²) < 4.78 is 5.48. The predicted molar refractivity (Wildman–Crippen MR) is 53.5 cm³/mol. The second-order valence-electron chi connectivity index (χ2n) is 3.31. The summed E-state index contributed by atoms with van der Waals surface area (Å²) in [6.07, 6.45) is 5.25. The maximum absolute atomic E-state index is 5.48. The van der Waals surface area contributed by atoms with Crippen molar-refractivity contribution in [2.24, 2.45) is 5.92 Å². The minimum absolute atomic E-state index is 0.523. The molecule has 1 radical (unpaired) electrons. The van der Waals surface area contributed by atoms with Gasteiger partial charge in [-0.3, -0.25) is 0 Å². The van der Waals surface area contributed by atoms with Crippen LogP contribution >= 0.6 is 0 Å². The number of ether oxygens (including phenoxy) is 1. The lowest BCUT2D eigenvalue weighted by molar-refractivity contribution is 0.271. The summed E-state index contributed by atoms with van der Waals surface area (Å²) in [5.41, 5.74) is 0.807. The monoisotopic (exact) mass is 173 g/mol. The molecule has 0 unspecified atom stereocenters. The average Bonchev–Trinajstić information content (AvgIpc) is 2.15. The van der Waals surface area contributed by atoms with E-state index in [4.69, 9.17) is 11.2 Å². The van der Waals surface area contributed by atoms with E-state index in [9.17, 15) is 0 Å². The third-order valence-electron chi connectivity index (χ3n) is 1.51. The fraction of sp³-hybridized carbons (Fsp3) is 0.333. The molecule has 1 rings (SSSR count). The molecular formula is C12H13O. The average molecular weight is 173 g/mol. The minimum atomic E-state index is 0.523. The van der Waals surface area contributed by atoms with Gasteiger partial charge in [0.15, 0.2) is 0 Å². The van der Waals surface area contributed by atoms with Crippen molar-refractivity contribution < 1.29 is 4.74 Å². The molecule has 0 spiro atoms. The number of benzene rings is 1. The summed E-state index contributed by atoms with van der Waals surface area (Å²) in [4.78, 5) is 0. The van der Waals surface area contributed by atoms with Crippen molar-refractivity contribution in [1.29, 1.82) is 0 Å². The van der Waals surface area contributed by atoms with E-state index in [-0.39, 0.29) is 0 Å². The van der Waals surface area contributed by atoms with Gasteiger partial charge in [-0.25, -0.2) is 0 Å². The van der Waals surface area contributed by atoms with Gasteiger partial charge in [0.1, 0.15) is 5.75 Å². The van der Waals surface area contributed by atoms with Gasteiger partial charge < -0.3 is 4.74 Å². The number of hydrogen-bond acceptors (Lipinski definition) is 1. The smallest absolute Gasteiger partial charge is 0.121 e. The molecular weight excluding hydrogens is 160 g/mol. The molecule has 0 heterocycles. The number of terminal acetylenes is 1. The van der Waals surface area contributed by atoms with E-state index in [1.54, 1.807) is 12.1 Å². The van der Waals surface area contributed by atoms with Crippen LogP contribution in [0.1, 0.15) is 19.4 Å². The lowest BCUT2D eigenvalue weighted by atomic mass is 10.2. The van der Waals surface area contributed by atoms with Gasteiger partial charge in [0, 0.05) is 5.56 Å². The fourth-order valence-electron chi connectivity index (χ4n) is 0.880. The van der Waals surface area contributed by atoms with Gasteiger partial charge in [-0.15, -0.1) is 6.42 Å². The topological polar surface area (TPSA) is 9.23 Å². The molecule has 1 heteroatoms. The Bertz CT molecular complexity index is 307. The highest BCUT2D eigenvalue weighted by Crippen LogP contribution is 2.12. The van der Waals surface area contributed by atoms with Crippen LogP contribution in [0.15, 0.2) is 18.2 Å². The van der Waals surface area contributed by atoms with Crippen LogP contribution in [-0.2, 0) is 0 Å². The molecule has 0 aromatic heterocycles. The zero-order chi connectivity index (χ0) is 9.68. The molecule has 0 aliphatic heterocycles. The van der Waals surface area contributed by atoms with Crippen LogP contribution in [0, 0.1) is 24.3 Å². The second-order valence-corrected chi connectivity index (χ2v) is 3.31. The molecule has 0 amide bonds. The van der Waals surface area contributed by atoms with E-state index in [1.807, 2.05) is 6.07 Å². The van der Waals surface area contributed by atoms with E-state index in [1.165, 1.54) is 0 Å². The van der Waals surface area contributed by atoms with Gasteiger partial charge in [-0.1, -0.05) is 19.8 Å². The van der Waals surface area contributed by atoms with Gasteiger partial charge in [0.25, 0.3) is 0 Å². The van der Waals surface area contributed by atoms with Crippen LogP contribution in [-0.4, -0.2) is 6.61 Å². The largest absolute Gasteiger partial charge is 0.493 e. The van der Waals surface area contributed by atoms with Crippen molar-refractivity contribution in [2.75, 3.05) is 6.61 Å². The van der Waals surface area contributed by atoms with Crippen molar-refractivity contribution in [3.8, 4) is 18.1 Å². The Kier molecular flexibility index (Phi) is 3.40. The standard InChI is InChI=1S/C12H13O/c1-4-11-6-5-7-12(8-11)13-9-10(2)3/h1,6-8,10H,9H2,2-3H3. The van der Waals surface area contributed by atoms with Gasteiger partial charge in [0.05, 0.1) is 6.61 Å². The molecule has 0 saturated carbocycles. The van der Waals surface area contributed by atoms with Crippen molar-refractivity contribution >= 4 is 0 Å². The zero-order valence-electron chi connectivity index (χ0n) is 8.00. The van der Waals surface area contributed by atoms with Crippen LogP contribution in [0.3, 0.4) is 0 Å². The Balaban J connectivity index is 2.63. The lowest BCUT2D eigenvalue weighted by Crippen LogP contribution is -2.04. The van der Waals surface area contributed by atoms with E-state index in [0.717, 1.165) is 11.3 Å². The van der Waals surface area contributed by atoms with E-state index < -0.39 is 0 Å². The maximum atomic E-state index is 5.48. The molecule has 13 heavy (non-hydrogen) atoms. The molecule has 0 bridgehead atoms. The first-order chi connectivity index (χ1) is 6.22. The molecule has 1 aromatic carbocycles. The molecule has 1 aromatic rings. The van der Waals surface area contributed by atoms with Crippen LogP contribution in [0.4, 0.5) is 0 Å². The first kappa shape index (κ1) is 9.67. The van der Waals surface area contributed by atoms with Crippen molar-refractivity contribution in [1.82, 2.24) is 0 Å². The maximum Gasteiger partial charge on any atom is 0.121 e. The molecule has 0 atom stereocenters.